The van der Waals surface area contributed by atoms with Crippen LogP contribution in [0.3, 0.4) is 0 Å². The Kier molecular flexibility index (Phi) is 3.92. The Morgan fingerprint density at radius 3 is 2.89 bits per heavy atom. The molecule has 0 aromatic heterocycles. The molecular weight excluding hydrogens is 238 g/mol. The summed E-state index contributed by atoms with van der Waals surface area (Å²) in [6.45, 7) is 3.74. The normalized spacial score (nSPS) is 18.6. The third-order valence-corrected chi connectivity index (χ3v) is 4.02. The molecule has 1 aromatic carbocycles. The van der Waals surface area contributed by atoms with Gasteiger partial charge in [-0.2, -0.15) is 0 Å². The van der Waals surface area contributed by atoms with Crippen LogP contribution >= 0.6 is 0 Å². The highest BCUT2D eigenvalue weighted by Gasteiger charge is 2.31. The molecule has 3 rings (SSSR count). The third-order valence-electron chi connectivity index (χ3n) is 4.02. The van der Waals surface area contributed by atoms with Crippen molar-refractivity contribution < 1.29 is 9.47 Å². The summed E-state index contributed by atoms with van der Waals surface area (Å²) < 4.78 is 10.8. The fourth-order valence-electron chi connectivity index (χ4n) is 2.69. The molecular formula is C16H23NO2. The van der Waals surface area contributed by atoms with Crippen LogP contribution < -0.4 is 14.8 Å². The molecule has 0 saturated heterocycles. The SMILES string of the molecule is CCCCNC(Cc1ccc2c(c1)OCO2)C1CC1. The number of hydrogen-bond acceptors (Lipinski definition) is 3. The van der Waals surface area contributed by atoms with Gasteiger partial charge in [0.2, 0.25) is 6.79 Å². The largest absolute Gasteiger partial charge is 0.454 e. The molecule has 2 aliphatic rings. The van der Waals surface area contributed by atoms with Gasteiger partial charge in [-0.05, 0) is 55.8 Å². The summed E-state index contributed by atoms with van der Waals surface area (Å²) in [6, 6.07) is 6.98. The van der Waals surface area contributed by atoms with Crippen LogP contribution in [0, 0.1) is 5.92 Å². The second-order valence-corrected chi connectivity index (χ2v) is 5.64. The van der Waals surface area contributed by atoms with E-state index in [9.17, 15) is 0 Å². The predicted molar refractivity (Wildman–Crippen MR) is 75.7 cm³/mol. The summed E-state index contributed by atoms with van der Waals surface area (Å²) in [7, 11) is 0. The van der Waals surface area contributed by atoms with E-state index in [2.05, 4.69) is 24.4 Å². The van der Waals surface area contributed by atoms with Gasteiger partial charge in [-0.25, -0.2) is 0 Å². The lowest BCUT2D eigenvalue weighted by Crippen LogP contribution is -2.33. The maximum absolute atomic E-state index is 5.45. The van der Waals surface area contributed by atoms with Crippen LogP contribution in [-0.2, 0) is 6.42 Å². The molecule has 1 aromatic rings. The van der Waals surface area contributed by atoms with Gasteiger partial charge in [0.1, 0.15) is 0 Å². The Morgan fingerprint density at radius 2 is 2.11 bits per heavy atom. The summed E-state index contributed by atoms with van der Waals surface area (Å²) in [4.78, 5) is 0. The van der Waals surface area contributed by atoms with E-state index in [4.69, 9.17) is 9.47 Å². The van der Waals surface area contributed by atoms with Gasteiger partial charge in [0.25, 0.3) is 0 Å². The van der Waals surface area contributed by atoms with Gasteiger partial charge < -0.3 is 14.8 Å². The van der Waals surface area contributed by atoms with Crippen LogP contribution in [0.25, 0.3) is 0 Å². The second-order valence-electron chi connectivity index (χ2n) is 5.64. The number of unbranched alkanes of at least 4 members (excludes halogenated alkanes) is 1. The first kappa shape index (κ1) is 12.8. The fraction of sp³-hybridized carbons (Fsp3) is 0.625. The Balaban J connectivity index is 1.61. The first-order chi connectivity index (χ1) is 9.36. The van der Waals surface area contributed by atoms with Crippen LogP contribution in [0.15, 0.2) is 18.2 Å². The highest BCUT2D eigenvalue weighted by Crippen LogP contribution is 2.36. The highest BCUT2D eigenvalue weighted by molar-refractivity contribution is 5.44. The molecule has 0 amide bonds. The van der Waals surface area contributed by atoms with Gasteiger partial charge in [0, 0.05) is 6.04 Å². The predicted octanol–water partition coefficient (Wildman–Crippen LogP) is 3.13. The minimum absolute atomic E-state index is 0.361. The average molecular weight is 261 g/mol. The molecule has 104 valence electrons. The molecule has 19 heavy (non-hydrogen) atoms. The zero-order valence-electron chi connectivity index (χ0n) is 11.7. The van der Waals surface area contributed by atoms with E-state index < -0.39 is 0 Å². The molecule has 1 heterocycles. The molecule has 0 radical (unpaired) electrons. The van der Waals surface area contributed by atoms with Crippen molar-refractivity contribution in [2.24, 2.45) is 5.92 Å². The van der Waals surface area contributed by atoms with Crippen LogP contribution in [0.4, 0.5) is 0 Å². The zero-order chi connectivity index (χ0) is 13.1. The maximum atomic E-state index is 5.45. The smallest absolute Gasteiger partial charge is 0.231 e. The van der Waals surface area contributed by atoms with Gasteiger partial charge in [-0.3, -0.25) is 0 Å². The molecule has 0 bridgehead atoms. The summed E-state index contributed by atoms with van der Waals surface area (Å²) in [6.07, 6.45) is 6.40. The van der Waals surface area contributed by atoms with Crippen LogP contribution in [0.5, 0.6) is 11.5 Å². The number of benzene rings is 1. The van der Waals surface area contributed by atoms with Crippen molar-refractivity contribution in [1.82, 2.24) is 5.32 Å². The molecule has 1 N–H and O–H groups in total. The molecule has 1 atom stereocenters. The Bertz CT molecular complexity index is 429. The second kappa shape index (κ2) is 5.83. The number of rotatable bonds is 7. The topological polar surface area (TPSA) is 30.5 Å². The molecule has 1 aliphatic heterocycles. The van der Waals surface area contributed by atoms with Crippen molar-refractivity contribution in [1.29, 1.82) is 0 Å². The summed E-state index contributed by atoms with van der Waals surface area (Å²) in [5.41, 5.74) is 1.35. The first-order valence-corrected chi connectivity index (χ1v) is 7.48. The minimum Gasteiger partial charge on any atom is -0.454 e. The summed E-state index contributed by atoms with van der Waals surface area (Å²) in [5.74, 6) is 2.66. The lowest BCUT2D eigenvalue weighted by atomic mass is 10.0. The van der Waals surface area contributed by atoms with E-state index in [0.29, 0.717) is 12.8 Å². The van der Waals surface area contributed by atoms with Crippen LogP contribution in [-0.4, -0.2) is 19.4 Å². The molecule has 3 heteroatoms. The van der Waals surface area contributed by atoms with Crippen molar-refractivity contribution in [2.45, 2.75) is 45.1 Å². The number of hydrogen-bond donors (Lipinski definition) is 1. The standard InChI is InChI=1S/C16H23NO2/c1-2-3-8-17-14(13-5-6-13)9-12-4-7-15-16(10-12)19-11-18-15/h4,7,10,13-14,17H,2-3,5-6,8-9,11H2,1H3. The van der Waals surface area contributed by atoms with Crippen LogP contribution in [0.1, 0.15) is 38.2 Å². The van der Waals surface area contributed by atoms with Crippen LogP contribution in [0.2, 0.25) is 0 Å². The zero-order valence-corrected chi connectivity index (χ0v) is 11.7. The molecule has 1 aliphatic carbocycles. The number of ether oxygens (including phenoxy) is 2. The van der Waals surface area contributed by atoms with E-state index in [-0.39, 0.29) is 0 Å². The number of fused-ring (bicyclic) bond motifs is 1. The fourth-order valence-corrected chi connectivity index (χ4v) is 2.69. The molecule has 3 nitrogen and oxygen atoms in total. The van der Waals surface area contributed by atoms with Gasteiger partial charge in [0.05, 0.1) is 0 Å². The van der Waals surface area contributed by atoms with E-state index >= 15 is 0 Å². The summed E-state index contributed by atoms with van der Waals surface area (Å²) in [5, 5.41) is 3.73. The van der Waals surface area contributed by atoms with Gasteiger partial charge >= 0.3 is 0 Å². The minimum atomic E-state index is 0.361. The first-order valence-electron chi connectivity index (χ1n) is 7.48. The Morgan fingerprint density at radius 1 is 1.26 bits per heavy atom. The van der Waals surface area contributed by atoms with Gasteiger partial charge in [-0.15, -0.1) is 0 Å². The van der Waals surface area contributed by atoms with Gasteiger partial charge in [0.15, 0.2) is 11.5 Å². The van der Waals surface area contributed by atoms with Crippen molar-refractivity contribution in [2.75, 3.05) is 13.3 Å². The quantitative estimate of drug-likeness (QED) is 0.765. The lowest BCUT2D eigenvalue weighted by Gasteiger charge is -2.18. The van der Waals surface area contributed by atoms with E-state index in [0.717, 1.165) is 30.4 Å². The van der Waals surface area contributed by atoms with E-state index in [1.165, 1.54) is 31.2 Å². The molecule has 1 saturated carbocycles. The lowest BCUT2D eigenvalue weighted by molar-refractivity contribution is 0.174. The van der Waals surface area contributed by atoms with Crippen molar-refractivity contribution >= 4 is 0 Å². The van der Waals surface area contributed by atoms with E-state index in [1.807, 2.05) is 6.07 Å². The highest BCUT2D eigenvalue weighted by atomic mass is 16.7. The van der Waals surface area contributed by atoms with E-state index in [1.54, 1.807) is 0 Å². The third kappa shape index (κ3) is 3.21. The average Bonchev–Trinajstić information content (AvgIpc) is 3.16. The van der Waals surface area contributed by atoms with Gasteiger partial charge in [-0.1, -0.05) is 19.4 Å². The number of nitrogens with one attached hydrogen (secondary N) is 1. The van der Waals surface area contributed by atoms with Crippen molar-refractivity contribution in [3.8, 4) is 11.5 Å². The Labute approximate surface area is 115 Å². The molecule has 0 spiro atoms. The summed E-state index contributed by atoms with van der Waals surface area (Å²) >= 11 is 0. The van der Waals surface area contributed by atoms with Crippen molar-refractivity contribution in [3.63, 3.8) is 0 Å². The monoisotopic (exact) mass is 261 g/mol. The van der Waals surface area contributed by atoms with Crippen molar-refractivity contribution in [3.05, 3.63) is 23.8 Å². The molecule has 1 unspecified atom stereocenters. The molecule has 1 fully saturated rings. The Hall–Kier alpha value is -1.22. The maximum Gasteiger partial charge on any atom is 0.231 e.